The maximum atomic E-state index is 14.4. The Morgan fingerprint density at radius 2 is 0.451 bits per heavy atom. The molecule has 24 heteroatoms. The summed E-state index contributed by atoms with van der Waals surface area (Å²) in [6.45, 7) is 12.1. The van der Waals surface area contributed by atoms with Crippen molar-refractivity contribution in [2.75, 3.05) is 65.4 Å². The van der Waals surface area contributed by atoms with Gasteiger partial charge in [0, 0.05) is 26.2 Å². The molecule has 0 aromatic heterocycles. The molecule has 6 aromatic carbocycles. The lowest BCUT2D eigenvalue weighted by Crippen LogP contribution is -2.40. The van der Waals surface area contributed by atoms with Gasteiger partial charge in [-0.25, -0.2) is 60.0 Å². The molecule has 18 nitrogen and oxygen atoms in total. The van der Waals surface area contributed by atoms with Crippen LogP contribution in [0.3, 0.4) is 0 Å². The summed E-state index contributed by atoms with van der Waals surface area (Å²) in [7, 11) is -26.1. The molecule has 0 amide bonds. The van der Waals surface area contributed by atoms with E-state index in [9.17, 15) is 50.5 Å². The number of unbranched alkanes of at least 4 members (excludes halogenated alkanes) is 1. The van der Waals surface area contributed by atoms with Gasteiger partial charge in [-0.2, -0.15) is 0 Å². The summed E-state index contributed by atoms with van der Waals surface area (Å²) in [5.41, 5.74) is 4.91. The fourth-order valence-electron chi connectivity index (χ4n) is 8.86. The Morgan fingerprint density at radius 1 is 0.256 bits per heavy atom. The smallest absolute Gasteiger partial charge is 0.256 e. The van der Waals surface area contributed by atoms with Crippen LogP contribution >= 0.6 is 0 Å². The summed E-state index contributed by atoms with van der Waals surface area (Å²) in [4.78, 5) is 3.45. The minimum absolute atomic E-state index is 0.00759. The average Bonchev–Trinajstić information content (AvgIpc) is 3.62. The van der Waals surface area contributed by atoms with Gasteiger partial charge in [0.1, 0.15) is 0 Å². The quantitative estimate of drug-likeness (QED) is 0.0373. The molecule has 0 atom stereocenters. The predicted molar refractivity (Wildman–Crippen MR) is 320 cm³/mol. The first kappa shape index (κ1) is 65.9. The number of hydrogen-bond donors (Lipinski definition) is 2. The highest BCUT2D eigenvalue weighted by molar-refractivity contribution is 8.04. The molecule has 0 radical (unpaired) electrons. The van der Waals surface area contributed by atoms with Gasteiger partial charge in [0.05, 0.1) is 29.4 Å². The summed E-state index contributed by atoms with van der Waals surface area (Å²) in [6.07, 6.45) is 1.90. The highest BCUT2D eigenvalue weighted by Crippen LogP contribution is 2.28. The van der Waals surface area contributed by atoms with Gasteiger partial charge in [0.15, 0.2) is 0 Å². The van der Waals surface area contributed by atoms with Gasteiger partial charge in [0.2, 0.25) is 20.0 Å². The lowest BCUT2D eigenvalue weighted by atomic mass is 10.2. The average molecular weight is 1240 g/mol. The molecule has 0 aliphatic rings. The molecule has 0 aliphatic heterocycles. The van der Waals surface area contributed by atoms with Crippen LogP contribution in [0.2, 0.25) is 0 Å². The zero-order chi connectivity index (χ0) is 59.9. The SMILES string of the molecule is Cc1ccc(S(=O)(=O)NCCCN(CCCCN(CCCN(S(=O)(=O)c2ccc(C)cc2)S(=O)(=O)c2ccc(C)cc2)CCCN(S(=O)(=O)c2ccc(C)cc2)S(=O)(=O)c2ccc(C)cc2)CCCNS(=O)(=O)c2ccc(C)cc2)cc1. The van der Waals surface area contributed by atoms with Crippen molar-refractivity contribution in [1.82, 2.24) is 26.7 Å². The van der Waals surface area contributed by atoms with E-state index >= 15 is 0 Å². The van der Waals surface area contributed by atoms with E-state index in [2.05, 4.69) is 14.3 Å². The van der Waals surface area contributed by atoms with Crippen molar-refractivity contribution < 1.29 is 50.5 Å². The third kappa shape index (κ3) is 18.1. The Labute approximate surface area is 487 Å². The number of aryl methyl sites for hydroxylation is 6. The van der Waals surface area contributed by atoms with Gasteiger partial charge >= 0.3 is 0 Å². The first-order chi connectivity index (χ1) is 38.6. The van der Waals surface area contributed by atoms with Crippen LogP contribution in [0.4, 0.5) is 0 Å². The molecule has 0 bridgehead atoms. The second-order valence-corrected chi connectivity index (χ2v) is 31.9. The first-order valence-corrected chi connectivity index (χ1v) is 35.8. The molecular weight excluding hydrogens is 1170 g/mol. The number of rotatable bonds is 33. The highest BCUT2D eigenvalue weighted by Gasteiger charge is 2.38. The van der Waals surface area contributed by atoms with Crippen molar-refractivity contribution in [2.24, 2.45) is 0 Å². The van der Waals surface area contributed by atoms with E-state index in [1.807, 2.05) is 18.7 Å². The second-order valence-electron chi connectivity index (χ2n) is 20.5. The summed E-state index contributed by atoms with van der Waals surface area (Å²) < 4.78 is 174. The summed E-state index contributed by atoms with van der Waals surface area (Å²) in [6, 6.07) is 36.5. The summed E-state index contributed by atoms with van der Waals surface area (Å²) >= 11 is 0. The van der Waals surface area contributed by atoms with Crippen LogP contribution in [0.5, 0.6) is 0 Å². The van der Waals surface area contributed by atoms with Gasteiger partial charge in [-0.3, -0.25) is 0 Å². The van der Waals surface area contributed by atoms with Crippen LogP contribution < -0.4 is 9.44 Å². The van der Waals surface area contributed by atoms with E-state index in [0.29, 0.717) is 59.3 Å². The number of nitrogens with zero attached hydrogens (tertiary/aromatic N) is 4. The van der Waals surface area contributed by atoms with Crippen molar-refractivity contribution in [1.29, 1.82) is 0 Å². The van der Waals surface area contributed by atoms with Crippen LogP contribution in [0.1, 0.15) is 71.9 Å². The zero-order valence-electron chi connectivity index (χ0n) is 47.3. The molecule has 6 rings (SSSR count). The zero-order valence-corrected chi connectivity index (χ0v) is 52.2. The fourth-order valence-corrected chi connectivity index (χ4v) is 18.4. The molecule has 6 aromatic rings. The molecule has 0 saturated heterocycles. The van der Waals surface area contributed by atoms with Gasteiger partial charge < -0.3 is 9.80 Å². The van der Waals surface area contributed by atoms with E-state index in [1.54, 1.807) is 100 Å². The molecule has 0 aliphatic carbocycles. The van der Waals surface area contributed by atoms with Crippen LogP contribution in [0.25, 0.3) is 0 Å². The van der Waals surface area contributed by atoms with E-state index in [-0.39, 0.29) is 68.4 Å². The summed E-state index contributed by atoms with van der Waals surface area (Å²) in [5, 5.41) is 0. The maximum absolute atomic E-state index is 14.4. The Kier molecular flexibility index (Phi) is 23.4. The molecule has 2 N–H and O–H groups in total. The van der Waals surface area contributed by atoms with Crippen molar-refractivity contribution in [3.05, 3.63) is 179 Å². The van der Waals surface area contributed by atoms with Crippen molar-refractivity contribution in [2.45, 2.75) is 109 Å². The highest BCUT2D eigenvalue weighted by atomic mass is 32.3. The number of nitrogens with one attached hydrogen (secondary N) is 2. The Hall–Kier alpha value is -5.22. The van der Waals surface area contributed by atoms with Crippen LogP contribution in [0, 0.1) is 41.5 Å². The van der Waals surface area contributed by atoms with Crippen molar-refractivity contribution in [3.63, 3.8) is 0 Å². The lowest BCUT2D eigenvalue weighted by Gasteiger charge is -2.28. The third-order valence-corrected chi connectivity index (χ3v) is 25.4. The normalized spacial score (nSPS) is 13.0. The molecular formula is C58H76N6O12S6. The molecule has 446 valence electrons. The number of hydrogen-bond acceptors (Lipinski definition) is 14. The van der Waals surface area contributed by atoms with Gasteiger partial charge in [-0.1, -0.05) is 114 Å². The standard InChI is InChI=1S/C58H76N6O12S6/c1-47-13-25-53(26-14-47)77(65,66)59-37-9-41-61(42-10-38-60-78(67,68)54-27-15-48(2)16-28-54)39-7-8-40-62(43-11-45-63(79(69,70)55-29-17-49(3)18-30-55)80(71,72)56-31-19-50(4)20-32-56)44-12-46-64(81(73,74)57-33-21-51(5)22-34-57)82(75,76)58-35-23-52(6)24-36-58/h13-36,59-60H,7-12,37-46H2,1-6H3. The molecule has 82 heavy (non-hydrogen) atoms. The predicted octanol–water partition coefficient (Wildman–Crippen LogP) is 7.90. The minimum Gasteiger partial charge on any atom is -0.303 e. The first-order valence-electron chi connectivity index (χ1n) is 27.0. The number of sulfonamides is 6. The van der Waals surface area contributed by atoms with Crippen molar-refractivity contribution in [3.8, 4) is 0 Å². The van der Waals surface area contributed by atoms with Crippen LogP contribution in [0.15, 0.2) is 175 Å². The molecule has 0 saturated carbocycles. The van der Waals surface area contributed by atoms with E-state index < -0.39 is 73.2 Å². The molecule has 0 spiro atoms. The topological polar surface area (TPSA) is 242 Å². The Morgan fingerprint density at radius 3 is 0.683 bits per heavy atom. The van der Waals surface area contributed by atoms with E-state index in [4.69, 9.17) is 0 Å². The second kappa shape index (κ2) is 29.0. The molecule has 0 fully saturated rings. The summed E-state index contributed by atoms with van der Waals surface area (Å²) in [5.74, 6) is 0. The largest absolute Gasteiger partial charge is 0.303 e. The minimum atomic E-state index is -4.64. The number of benzene rings is 6. The molecule has 0 unspecified atom stereocenters. The van der Waals surface area contributed by atoms with E-state index in [0.717, 1.165) is 33.4 Å². The lowest BCUT2D eigenvalue weighted by molar-refractivity contribution is 0.232. The Balaban J connectivity index is 1.23. The van der Waals surface area contributed by atoms with E-state index in [1.165, 1.54) is 72.8 Å². The maximum Gasteiger partial charge on any atom is 0.256 e. The van der Waals surface area contributed by atoms with Gasteiger partial charge in [-0.05, 0) is 192 Å². The Bertz CT molecular complexity index is 3350. The van der Waals surface area contributed by atoms with Crippen LogP contribution in [-0.2, 0) is 60.1 Å². The third-order valence-electron chi connectivity index (χ3n) is 13.7. The monoisotopic (exact) mass is 1240 g/mol. The van der Waals surface area contributed by atoms with Gasteiger partial charge in [-0.15, -0.1) is 0 Å². The molecule has 0 heterocycles. The van der Waals surface area contributed by atoms with Crippen molar-refractivity contribution >= 4 is 60.1 Å². The van der Waals surface area contributed by atoms with Crippen LogP contribution in [-0.4, -0.2) is 133 Å². The van der Waals surface area contributed by atoms with Gasteiger partial charge in [0.25, 0.3) is 40.1 Å². The fraction of sp³-hybridized carbons (Fsp3) is 0.379.